The van der Waals surface area contributed by atoms with E-state index >= 15 is 0 Å². The maximum Gasteiger partial charge on any atom is 0.243 e. The molecule has 0 saturated carbocycles. The first kappa shape index (κ1) is 15.1. The van der Waals surface area contributed by atoms with E-state index in [0.717, 1.165) is 12.0 Å². The third kappa shape index (κ3) is 2.51. The molecule has 0 radical (unpaired) electrons. The molecule has 0 fully saturated rings. The summed E-state index contributed by atoms with van der Waals surface area (Å²) in [6.07, 6.45) is 0.746. The summed E-state index contributed by atoms with van der Waals surface area (Å²) < 4.78 is 32.5. The van der Waals surface area contributed by atoms with Crippen LogP contribution in [0.25, 0.3) is 0 Å². The summed E-state index contributed by atoms with van der Waals surface area (Å²) in [7, 11) is -1.94. The first-order valence-electron chi connectivity index (χ1n) is 7.28. The van der Waals surface area contributed by atoms with Crippen molar-refractivity contribution in [3.8, 4) is 5.75 Å². The molecule has 1 unspecified atom stereocenters. The van der Waals surface area contributed by atoms with Crippen LogP contribution < -0.4 is 4.74 Å². The number of sulfonamides is 1. The van der Waals surface area contributed by atoms with E-state index in [2.05, 4.69) is 6.07 Å². The Morgan fingerprint density at radius 1 is 1.09 bits per heavy atom. The van der Waals surface area contributed by atoms with Crippen LogP contribution in [0.1, 0.15) is 24.1 Å². The molecule has 2 aromatic carbocycles. The van der Waals surface area contributed by atoms with E-state index in [0.29, 0.717) is 17.2 Å². The van der Waals surface area contributed by atoms with Crippen molar-refractivity contribution in [1.82, 2.24) is 4.31 Å². The molecule has 0 amide bonds. The summed E-state index contributed by atoms with van der Waals surface area (Å²) in [6, 6.07) is 14.4. The van der Waals surface area contributed by atoms with Crippen LogP contribution in [0.4, 0.5) is 0 Å². The lowest BCUT2D eigenvalue weighted by Gasteiger charge is -2.34. The number of benzene rings is 2. The summed E-state index contributed by atoms with van der Waals surface area (Å²) in [6.45, 7) is 2.45. The molecule has 22 heavy (non-hydrogen) atoms. The lowest BCUT2D eigenvalue weighted by molar-refractivity contribution is 0.326. The molecule has 4 nitrogen and oxygen atoms in total. The molecule has 5 heteroatoms. The van der Waals surface area contributed by atoms with Crippen molar-refractivity contribution in [3.05, 3.63) is 59.7 Å². The Balaban J connectivity index is 1.96. The Bertz CT molecular complexity index is 769. The molecular weight excluding hydrogens is 298 g/mol. The van der Waals surface area contributed by atoms with Gasteiger partial charge in [-0.2, -0.15) is 4.31 Å². The van der Waals surface area contributed by atoms with Crippen molar-refractivity contribution in [2.24, 2.45) is 0 Å². The Morgan fingerprint density at radius 2 is 1.77 bits per heavy atom. The molecule has 2 aromatic rings. The molecular formula is C17H19NO3S. The van der Waals surface area contributed by atoms with Gasteiger partial charge in [0.2, 0.25) is 10.0 Å². The molecule has 1 heterocycles. The van der Waals surface area contributed by atoms with Crippen LogP contribution in [0.2, 0.25) is 0 Å². The number of fused-ring (bicyclic) bond motifs is 1. The average Bonchev–Trinajstić information content (AvgIpc) is 2.55. The Labute approximate surface area is 131 Å². The predicted octanol–water partition coefficient (Wildman–Crippen LogP) is 3.00. The zero-order valence-corrected chi connectivity index (χ0v) is 13.5. The first-order valence-corrected chi connectivity index (χ1v) is 8.72. The van der Waals surface area contributed by atoms with Crippen molar-refractivity contribution >= 4 is 10.0 Å². The lowest BCUT2D eigenvalue weighted by Crippen LogP contribution is -2.38. The van der Waals surface area contributed by atoms with Gasteiger partial charge in [0, 0.05) is 12.6 Å². The molecule has 0 spiro atoms. The van der Waals surface area contributed by atoms with Gasteiger partial charge in [0.15, 0.2) is 0 Å². The van der Waals surface area contributed by atoms with Gasteiger partial charge < -0.3 is 4.74 Å². The van der Waals surface area contributed by atoms with Crippen molar-refractivity contribution in [2.75, 3.05) is 13.7 Å². The highest BCUT2D eigenvalue weighted by Crippen LogP contribution is 2.33. The van der Waals surface area contributed by atoms with Gasteiger partial charge in [0.1, 0.15) is 5.75 Å². The summed E-state index contributed by atoms with van der Waals surface area (Å²) in [5.41, 5.74) is 2.32. The van der Waals surface area contributed by atoms with Gasteiger partial charge >= 0.3 is 0 Å². The van der Waals surface area contributed by atoms with Crippen LogP contribution in [-0.4, -0.2) is 26.4 Å². The molecule has 1 aliphatic heterocycles. The molecule has 116 valence electrons. The third-order valence-electron chi connectivity index (χ3n) is 4.20. The molecule has 3 rings (SSSR count). The van der Waals surface area contributed by atoms with Gasteiger partial charge in [-0.25, -0.2) is 8.42 Å². The number of methoxy groups -OCH3 is 1. The molecule has 0 bridgehead atoms. The second-order valence-corrected chi connectivity index (χ2v) is 7.31. The molecule has 0 N–H and O–H groups in total. The van der Waals surface area contributed by atoms with E-state index in [1.54, 1.807) is 35.7 Å². The quantitative estimate of drug-likeness (QED) is 0.874. The van der Waals surface area contributed by atoms with Crippen LogP contribution in [0.3, 0.4) is 0 Å². The minimum atomic E-state index is -3.50. The standard InChI is InChI=1S/C17H19NO3S/c1-13-17-6-4-3-5-14(17)11-12-18(13)22(19,20)16-9-7-15(21-2)8-10-16/h3-10,13H,11-12H2,1-2H3. The van der Waals surface area contributed by atoms with Crippen LogP contribution >= 0.6 is 0 Å². The van der Waals surface area contributed by atoms with E-state index in [9.17, 15) is 8.42 Å². The van der Waals surface area contributed by atoms with Crippen molar-refractivity contribution < 1.29 is 13.2 Å². The minimum Gasteiger partial charge on any atom is -0.497 e. The summed E-state index contributed by atoms with van der Waals surface area (Å²) in [5, 5.41) is 0. The lowest BCUT2D eigenvalue weighted by atomic mass is 9.96. The van der Waals surface area contributed by atoms with Gasteiger partial charge in [-0.1, -0.05) is 24.3 Å². The van der Waals surface area contributed by atoms with E-state index in [-0.39, 0.29) is 6.04 Å². The fraction of sp³-hybridized carbons (Fsp3) is 0.294. The third-order valence-corrected chi connectivity index (χ3v) is 6.19. The maximum atomic E-state index is 12.9. The highest BCUT2D eigenvalue weighted by atomic mass is 32.2. The Morgan fingerprint density at radius 3 is 2.45 bits per heavy atom. The fourth-order valence-corrected chi connectivity index (χ4v) is 4.57. The average molecular weight is 317 g/mol. The Hall–Kier alpha value is -1.85. The monoisotopic (exact) mass is 317 g/mol. The van der Waals surface area contributed by atoms with Gasteiger partial charge in [0.25, 0.3) is 0 Å². The SMILES string of the molecule is COc1ccc(S(=O)(=O)N2CCc3ccccc3C2C)cc1. The number of hydrogen-bond donors (Lipinski definition) is 0. The number of nitrogens with zero attached hydrogens (tertiary/aromatic N) is 1. The highest BCUT2D eigenvalue weighted by Gasteiger charge is 2.33. The van der Waals surface area contributed by atoms with Crippen LogP contribution in [0, 0.1) is 0 Å². The van der Waals surface area contributed by atoms with Gasteiger partial charge in [0.05, 0.1) is 12.0 Å². The van der Waals surface area contributed by atoms with Gasteiger partial charge in [-0.15, -0.1) is 0 Å². The normalized spacial score (nSPS) is 18.7. The maximum absolute atomic E-state index is 12.9. The van der Waals surface area contributed by atoms with Crippen LogP contribution in [0.5, 0.6) is 5.75 Å². The fourth-order valence-electron chi connectivity index (χ4n) is 2.96. The van der Waals surface area contributed by atoms with Crippen LogP contribution in [-0.2, 0) is 16.4 Å². The zero-order valence-electron chi connectivity index (χ0n) is 12.7. The van der Waals surface area contributed by atoms with Crippen molar-refractivity contribution in [3.63, 3.8) is 0 Å². The number of hydrogen-bond acceptors (Lipinski definition) is 3. The number of ether oxygens (including phenoxy) is 1. The highest BCUT2D eigenvalue weighted by molar-refractivity contribution is 7.89. The van der Waals surface area contributed by atoms with Gasteiger partial charge in [-0.3, -0.25) is 0 Å². The predicted molar refractivity (Wildman–Crippen MR) is 85.4 cm³/mol. The molecule has 1 aliphatic rings. The van der Waals surface area contributed by atoms with Crippen molar-refractivity contribution in [1.29, 1.82) is 0 Å². The zero-order chi connectivity index (χ0) is 15.7. The summed E-state index contributed by atoms with van der Waals surface area (Å²) in [4.78, 5) is 0.305. The molecule has 0 aromatic heterocycles. The largest absolute Gasteiger partial charge is 0.497 e. The molecule has 0 aliphatic carbocycles. The summed E-state index contributed by atoms with van der Waals surface area (Å²) >= 11 is 0. The van der Waals surface area contributed by atoms with Gasteiger partial charge in [-0.05, 0) is 48.7 Å². The van der Waals surface area contributed by atoms with E-state index < -0.39 is 10.0 Å². The summed E-state index contributed by atoms with van der Waals surface area (Å²) in [5.74, 6) is 0.649. The van der Waals surface area contributed by atoms with Crippen molar-refractivity contribution in [2.45, 2.75) is 24.3 Å². The molecule has 0 saturated heterocycles. The van der Waals surface area contributed by atoms with E-state index in [4.69, 9.17) is 4.74 Å². The minimum absolute atomic E-state index is 0.156. The van der Waals surface area contributed by atoms with E-state index in [1.807, 2.05) is 25.1 Å². The first-order chi connectivity index (χ1) is 10.5. The Kier molecular flexibility index (Phi) is 3.93. The second kappa shape index (κ2) is 5.74. The van der Waals surface area contributed by atoms with E-state index in [1.165, 1.54) is 5.56 Å². The number of rotatable bonds is 3. The smallest absolute Gasteiger partial charge is 0.243 e. The molecule has 1 atom stereocenters. The second-order valence-electron chi connectivity index (χ2n) is 5.42. The van der Waals surface area contributed by atoms with Crippen LogP contribution in [0.15, 0.2) is 53.4 Å². The topological polar surface area (TPSA) is 46.6 Å².